The van der Waals surface area contributed by atoms with Gasteiger partial charge in [0.05, 0.1) is 12.1 Å². The van der Waals surface area contributed by atoms with Gasteiger partial charge in [-0.3, -0.25) is 14.4 Å². The van der Waals surface area contributed by atoms with Crippen molar-refractivity contribution in [1.82, 2.24) is 19.7 Å². The Morgan fingerprint density at radius 1 is 1.26 bits per heavy atom. The Morgan fingerprint density at radius 2 is 2.15 bits per heavy atom. The zero-order valence-corrected chi connectivity index (χ0v) is 15.2. The number of carbonyl (C=O) groups excluding carboxylic acids is 1. The highest BCUT2D eigenvalue weighted by molar-refractivity contribution is 5.95. The van der Waals surface area contributed by atoms with Gasteiger partial charge in [0.1, 0.15) is 12.5 Å². The lowest BCUT2D eigenvalue weighted by Gasteiger charge is -2.13. The van der Waals surface area contributed by atoms with Crippen molar-refractivity contribution in [3.05, 3.63) is 42.9 Å². The fourth-order valence-electron chi connectivity index (χ4n) is 3.56. The number of aromatic nitrogens is 3. The van der Waals surface area contributed by atoms with E-state index in [1.165, 1.54) is 0 Å². The largest absolute Gasteiger partial charge is 0.310 e. The van der Waals surface area contributed by atoms with Gasteiger partial charge in [-0.15, -0.1) is 0 Å². The van der Waals surface area contributed by atoms with Crippen molar-refractivity contribution in [2.24, 2.45) is 13.0 Å². The average Bonchev–Trinajstić information content (AvgIpc) is 3.31. The average molecular weight is 367 g/mol. The third-order valence-electron chi connectivity index (χ3n) is 5.06. The highest BCUT2D eigenvalue weighted by atomic mass is 19.1. The molecule has 1 fully saturated rings. The summed E-state index contributed by atoms with van der Waals surface area (Å²) < 4.78 is 14.2. The van der Waals surface area contributed by atoms with Crippen LogP contribution >= 0.6 is 0 Å². The first-order valence-electron chi connectivity index (χ1n) is 9.10. The van der Waals surface area contributed by atoms with Gasteiger partial charge in [0.25, 0.3) is 0 Å². The lowest BCUT2D eigenvalue weighted by atomic mass is 10.0. The van der Waals surface area contributed by atoms with E-state index in [1.807, 2.05) is 42.5 Å². The monoisotopic (exact) mass is 367 g/mol. The van der Waals surface area contributed by atoms with Crippen molar-refractivity contribution in [1.29, 1.82) is 0 Å². The van der Waals surface area contributed by atoms with Crippen molar-refractivity contribution in [3.63, 3.8) is 0 Å². The topological polar surface area (TPSA) is 63.1 Å². The van der Waals surface area contributed by atoms with Crippen LogP contribution in [0.25, 0.3) is 21.9 Å². The number of amides is 1. The van der Waals surface area contributed by atoms with Crippen molar-refractivity contribution in [3.8, 4) is 11.1 Å². The quantitative estimate of drug-likeness (QED) is 0.753. The highest BCUT2D eigenvalue weighted by Gasteiger charge is 2.28. The summed E-state index contributed by atoms with van der Waals surface area (Å²) >= 11 is 0. The smallest absolute Gasteiger partial charge is 0.229 e. The zero-order valence-electron chi connectivity index (χ0n) is 15.2. The van der Waals surface area contributed by atoms with E-state index in [4.69, 9.17) is 0 Å². The summed E-state index contributed by atoms with van der Waals surface area (Å²) in [6.07, 6.45) is 6.31. The van der Waals surface area contributed by atoms with Gasteiger partial charge in [0, 0.05) is 43.5 Å². The van der Waals surface area contributed by atoms with Crippen molar-refractivity contribution in [2.75, 3.05) is 31.6 Å². The molecular weight excluding hydrogens is 345 g/mol. The van der Waals surface area contributed by atoms with E-state index >= 15 is 0 Å². The number of halogens is 1. The summed E-state index contributed by atoms with van der Waals surface area (Å²) in [5, 5.41) is 9.14. The molecule has 1 N–H and O–H groups in total. The molecule has 3 heterocycles. The summed E-state index contributed by atoms with van der Waals surface area (Å²) in [7, 11) is 1.89. The minimum Gasteiger partial charge on any atom is -0.310 e. The minimum atomic E-state index is -0.375. The number of carbonyl (C=O) groups is 1. The van der Waals surface area contributed by atoms with Gasteiger partial charge in [0.2, 0.25) is 5.91 Å². The molecule has 1 aliphatic heterocycles. The molecule has 1 atom stereocenters. The molecule has 27 heavy (non-hydrogen) atoms. The molecule has 0 saturated carbocycles. The molecule has 0 spiro atoms. The van der Waals surface area contributed by atoms with Gasteiger partial charge in [-0.25, -0.2) is 9.37 Å². The van der Waals surface area contributed by atoms with E-state index in [9.17, 15) is 9.18 Å². The third kappa shape index (κ3) is 3.83. The van der Waals surface area contributed by atoms with E-state index in [2.05, 4.69) is 21.5 Å². The number of alkyl halides is 1. The standard InChI is InChI=1S/C20H22FN5O/c1-25-12-18(11-23-25)14-2-3-15-10-22-19(9-17(15)8-14)24-20(27)16-4-6-26(13-16)7-5-21/h2-3,8-12,16H,4-7,13H2,1H3,(H,22,24,27). The number of anilines is 1. The normalized spacial score (nSPS) is 17.5. The number of nitrogens with zero attached hydrogens (tertiary/aromatic N) is 4. The van der Waals surface area contributed by atoms with E-state index < -0.39 is 0 Å². The van der Waals surface area contributed by atoms with Crippen LogP contribution in [0.15, 0.2) is 42.9 Å². The lowest BCUT2D eigenvalue weighted by molar-refractivity contribution is -0.119. The fourth-order valence-corrected chi connectivity index (χ4v) is 3.56. The zero-order chi connectivity index (χ0) is 18.8. The van der Waals surface area contributed by atoms with Crippen LogP contribution in [0.1, 0.15) is 6.42 Å². The Hall–Kier alpha value is -2.80. The molecule has 1 saturated heterocycles. The number of fused-ring (bicyclic) bond motifs is 1. The van der Waals surface area contributed by atoms with Crippen LogP contribution in [0.3, 0.4) is 0 Å². The first-order chi connectivity index (χ1) is 13.1. The third-order valence-corrected chi connectivity index (χ3v) is 5.06. The van der Waals surface area contributed by atoms with Gasteiger partial charge in [-0.05, 0) is 36.0 Å². The lowest BCUT2D eigenvalue weighted by Crippen LogP contribution is -2.28. The molecule has 7 heteroatoms. The Labute approximate surface area is 157 Å². The summed E-state index contributed by atoms with van der Waals surface area (Å²) in [5.41, 5.74) is 2.11. The van der Waals surface area contributed by atoms with Crippen molar-refractivity contribution in [2.45, 2.75) is 6.42 Å². The number of hydrogen-bond acceptors (Lipinski definition) is 4. The van der Waals surface area contributed by atoms with Gasteiger partial charge >= 0.3 is 0 Å². The van der Waals surface area contributed by atoms with E-state index in [-0.39, 0.29) is 18.5 Å². The van der Waals surface area contributed by atoms with Crippen LogP contribution < -0.4 is 5.32 Å². The number of benzene rings is 1. The molecular formula is C20H22FN5O. The van der Waals surface area contributed by atoms with E-state index in [0.29, 0.717) is 18.9 Å². The van der Waals surface area contributed by atoms with Gasteiger partial charge in [0.15, 0.2) is 0 Å². The predicted octanol–water partition coefficient (Wildman–Crippen LogP) is 2.87. The Bertz CT molecular complexity index is 970. The summed E-state index contributed by atoms with van der Waals surface area (Å²) in [6.45, 7) is 1.39. The second kappa shape index (κ2) is 7.44. The fraction of sp³-hybridized carbons (Fsp3) is 0.350. The molecule has 140 valence electrons. The minimum absolute atomic E-state index is 0.0494. The maximum absolute atomic E-state index is 12.5. The molecule has 1 amide bonds. The number of likely N-dealkylation sites (tertiary alicyclic amines) is 1. The van der Waals surface area contributed by atoms with Crippen LogP contribution in [-0.2, 0) is 11.8 Å². The van der Waals surface area contributed by atoms with Crippen LogP contribution in [-0.4, -0.2) is 51.9 Å². The number of aryl methyl sites for hydroxylation is 1. The number of hydrogen-bond donors (Lipinski definition) is 1. The molecule has 6 nitrogen and oxygen atoms in total. The van der Waals surface area contributed by atoms with Gasteiger partial charge in [-0.1, -0.05) is 12.1 Å². The molecule has 4 rings (SSSR count). The van der Waals surface area contributed by atoms with E-state index in [1.54, 1.807) is 10.9 Å². The van der Waals surface area contributed by atoms with Gasteiger partial charge < -0.3 is 5.32 Å². The number of nitrogens with one attached hydrogen (secondary N) is 1. The van der Waals surface area contributed by atoms with Crippen LogP contribution in [0.2, 0.25) is 0 Å². The summed E-state index contributed by atoms with van der Waals surface area (Å²) in [5.74, 6) is 0.377. The van der Waals surface area contributed by atoms with Crippen molar-refractivity contribution < 1.29 is 9.18 Å². The Balaban J connectivity index is 1.51. The van der Waals surface area contributed by atoms with Crippen molar-refractivity contribution >= 4 is 22.5 Å². The second-order valence-corrected chi connectivity index (χ2v) is 7.00. The molecule has 1 aromatic carbocycles. The highest BCUT2D eigenvalue weighted by Crippen LogP contribution is 2.25. The second-order valence-electron chi connectivity index (χ2n) is 7.00. The number of pyridine rings is 1. The van der Waals surface area contributed by atoms with E-state index in [0.717, 1.165) is 34.9 Å². The Morgan fingerprint density at radius 3 is 2.93 bits per heavy atom. The van der Waals surface area contributed by atoms with Crippen LogP contribution in [0.5, 0.6) is 0 Å². The first kappa shape index (κ1) is 17.6. The first-order valence-corrected chi connectivity index (χ1v) is 9.10. The number of rotatable bonds is 5. The molecule has 3 aromatic rings. The summed E-state index contributed by atoms with van der Waals surface area (Å²) in [4.78, 5) is 18.9. The van der Waals surface area contributed by atoms with Gasteiger partial charge in [-0.2, -0.15) is 5.10 Å². The van der Waals surface area contributed by atoms with Crippen LogP contribution in [0, 0.1) is 5.92 Å². The molecule has 0 bridgehead atoms. The molecule has 1 aliphatic rings. The Kier molecular flexibility index (Phi) is 4.85. The van der Waals surface area contributed by atoms with Crippen LogP contribution in [0.4, 0.5) is 10.2 Å². The predicted molar refractivity (Wildman–Crippen MR) is 103 cm³/mol. The maximum atomic E-state index is 12.5. The molecule has 1 unspecified atom stereocenters. The SMILES string of the molecule is Cn1cc(-c2ccc3cnc(NC(=O)C4CCN(CCF)C4)cc3c2)cn1. The summed E-state index contributed by atoms with van der Waals surface area (Å²) in [6, 6.07) is 8.02. The maximum Gasteiger partial charge on any atom is 0.229 e. The molecule has 2 aromatic heterocycles. The molecule has 0 aliphatic carbocycles. The molecule has 0 radical (unpaired) electrons.